The molecule has 0 saturated carbocycles. The minimum Gasteiger partial charge on any atom is -0.391 e. The summed E-state index contributed by atoms with van der Waals surface area (Å²) in [6.07, 6.45) is -0.168. The van der Waals surface area contributed by atoms with Crippen LogP contribution in [0.4, 0.5) is 0 Å². The molecular formula is C48H70N16O10. The van der Waals surface area contributed by atoms with Crippen molar-refractivity contribution in [3.63, 3.8) is 0 Å². The number of fused-ring (bicyclic) bond motifs is 1. The molecule has 1 aliphatic heterocycles. The van der Waals surface area contributed by atoms with Gasteiger partial charge in [0.05, 0.1) is 12.5 Å². The Morgan fingerprint density at radius 1 is 0.730 bits per heavy atom. The maximum Gasteiger partial charge on any atom is 0.245 e. The minimum atomic E-state index is -1.80. The number of aromatic nitrogens is 1. The average Bonchev–Trinajstić information content (AvgIpc) is 3.75. The van der Waals surface area contributed by atoms with Gasteiger partial charge in [0.25, 0.3) is 0 Å². The van der Waals surface area contributed by atoms with Crippen LogP contribution in [0.25, 0.3) is 10.9 Å². The SMILES string of the molecule is CC(=O)NC(CCCN=C(N)N)C(=O)NC1CC(=O)NCCCCC(C(N)=O)NC(=O)C(Cc2c[nH]c3ccccc23)NC(=O)C(CCCN=C(N)N)NC(=O)C(Cc2ccccc2)NC(=O)C(C(C)O)NC1=O. The molecule has 26 heteroatoms. The molecule has 26 nitrogen and oxygen atoms in total. The number of guanidine groups is 2. The van der Waals surface area contributed by atoms with Gasteiger partial charge in [-0.15, -0.1) is 0 Å². The normalized spacial score (nSPS) is 21.7. The van der Waals surface area contributed by atoms with Gasteiger partial charge in [-0.2, -0.15) is 0 Å². The summed E-state index contributed by atoms with van der Waals surface area (Å²) in [5, 5.41) is 32.4. The number of H-pyrrole nitrogens is 1. The zero-order valence-corrected chi connectivity index (χ0v) is 41.5. The maximum absolute atomic E-state index is 14.5. The van der Waals surface area contributed by atoms with Gasteiger partial charge in [0.1, 0.15) is 42.3 Å². The summed E-state index contributed by atoms with van der Waals surface area (Å²) in [4.78, 5) is 135. The monoisotopic (exact) mass is 1030 g/mol. The highest BCUT2D eigenvalue weighted by molar-refractivity contribution is 5.99. The van der Waals surface area contributed by atoms with E-state index >= 15 is 0 Å². The Bertz CT molecular complexity index is 2490. The van der Waals surface area contributed by atoms with Gasteiger partial charge in [-0.3, -0.25) is 53.1 Å². The summed E-state index contributed by atoms with van der Waals surface area (Å²) in [6, 6.07) is 5.54. The molecule has 1 aliphatic rings. The maximum atomic E-state index is 14.5. The first kappa shape index (κ1) is 58.3. The zero-order valence-electron chi connectivity index (χ0n) is 41.5. The molecule has 20 N–H and O–H groups in total. The number of aliphatic imine (C=N–C) groups is 2. The number of rotatable bonds is 17. The van der Waals surface area contributed by atoms with Crippen LogP contribution < -0.4 is 71.2 Å². The zero-order chi connectivity index (χ0) is 54.3. The Hall–Kier alpha value is -8.29. The molecule has 0 bridgehead atoms. The molecule has 0 radical (unpaired) electrons. The van der Waals surface area contributed by atoms with E-state index in [1.807, 2.05) is 18.2 Å². The van der Waals surface area contributed by atoms with Crippen molar-refractivity contribution in [3.8, 4) is 0 Å². The van der Waals surface area contributed by atoms with E-state index in [4.69, 9.17) is 28.7 Å². The molecule has 2 heterocycles. The van der Waals surface area contributed by atoms with Crippen LogP contribution in [0.3, 0.4) is 0 Å². The standard InChI is InChI=1S/C48H70N16O10/c1-26(65)39-46(74)63-35(22-28-12-4-3-5-13-28)43(71)60-34(18-11-21-56-48(52)53)42(70)61-36(23-29-25-57-31-15-7-6-14-30(29)31)44(72)59-32(40(49)68)16-8-9-19-54-38(67)24-37(45(73)64-39)62-41(69)33(58-27(2)66)17-10-20-55-47(50)51/h3-7,12-15,25-26,32-37,39,57,65H,8-11,16-24H2,1-2H3,(H2,49,68)(H,54,67)(H,58,66)(H,59,72)(H,60,71)(H,61,70)(H,62,69)(H,63,74)(H,64,73)(H4,50,51,55)(H4,52,53,56). The highest BCUT2D eigenvalue weighted by Gasteiger charge is 2.36. The number of carbonyl (C=O) groups excluding carboxylic acids is 9. The summed E-state index contributed by atoms with van der Waals surface area (Å²) < 4.78 is 0. The lowest BCUT2D eigenvalue weighted by Crippen LogP contribution is -2.62. The van der Waals surface area contributed by atoms with Crippen LogP contribution in [-0.4, -0.2) is 143 Å². The van der Waals surface area contributed by atoms with Crippen molar-refractivity contribution in [1.29, 1.82) is 0 Å². The third-order valence-corrected chi connectivity index (χ3v) is 11.9. The van der Waals surface area contributed by atoms with Crippen molar-refractivity contribution in [2.45, 2.75) is 126 Å². The van der Waals surface area contributed by atoms with Crippen molar-refractivity contribution in [2.75, 3.05) is 19.6 Å². The van der Waals surface area contributed by atoms with Crippen molar-refractivity contribution in [3.05, 3.63) is 71.9 Å². The number of aliphatic hydroxyl groups excluding tert-OH is 1. The number of hydrogen-bond donors (Lipinski definition) is 15. The summed E-state index contributed by atoms with van der Waals surface area (Å²) in [5.74, 6) is -8.17. The topological polar surface area (TPSA) is 441 Å². The number of nitrogens with two attached hydrogens (primary N) is 5. The molecular weight excluding hydrogens is 961 g/mol. The van der Waals surface area contributed by atoms with E-state index in [1.54, 1.807) is 42.6 Å². The molecule has 0 aliphatic carbocycles. The van der Waals surface area contributed by atoms with E-state index in [2.05, 4.69) is 57.5 Å². The van der Waals surface area contributed by atoms with Crippen molar-refractivity contribution >= 4 is 76.0 Å². The first-order valence-corrected chi connectivity index (χ1v) is 24.2. The average molecular weight is 1030 g/mol. The molecule has 402 valence electrons. The number of benzene rings is 2. The predicted molar refractivity (Wildman–Crippen MR) is 274 cm³/mol. The lowest BCUT2D eigenvalue weighted by Gasteiger charge is -2.28. The molecule has 0 spiro atoms. The first-order chi connectivity index (χ1) is 35.2. The van der Waals surface area contributed by atoms with Crippen molar-refractivity contribution in [2.24, 2.45) is 38.7 Å². The number of para-hydroxylation sites is 1. The second-order valence-corrected chi connectivity index (χ2v) is 17.9. The van der Waals surface area contributed by atoms with Gasteiger partial charge in [-0.1, -0.05) is 48.5 Å². The third kappa shape index (κ3) is 19.4. The molecule has 8 atom stereocenters. The van der Waals surface area contributed by atoms with Gasteiger partial charge in [0.2, 0.25) is 53.2 Å². The molecule has 9 amide bonds. The number of nitrogens with one attached hydrogen (secondary N) is 9. The summed E-state index contributed by atoms with van der Waals surface area (Å²) in [7, 11) is 0. The van der Waals surface area contributed by atoms with Crippen molar-refractivity contribution < 1.29 is 48.3 Å². The number of hydrogen-bond acceptors (Lipinski definition) is 12. The first-order valence-electron chi connectivity index (χ1n) is 24.2. The fourth-order valence-electron chi connectivity index (χ4n) is 8.04. The highest BCUT2D eigenvalue weighted by atomic mass is 16.3. The molecule has 4 rings (SSSR count). The van der Waals surface area contributed by atoms with Crippen LogP contribution >= 0.6 is 0 Å². The number of aliphatic hydroxyl groups is 1. The molecule has 74 heavy (non-hydrogen) atoms. The molecule has 1 saturated heterocycles. The lowest BCUT2D eigenvalue weighted by molar-refractivity contribution is -0.137. The molecule has 1 fully saturated rings. The molecule has 8 unspecified atom stereocenters. The highest BCUT2D eigenvalue weighted by Crippen LogP contribution is 2.20. The number of aromatic amines is 1. The van der Waals surface area contributed by atoms with Crippen LogP contribution in [0.1, 0.15) is 76.3 Å². The quantitative estimate of drug-likeness (QED) is 0.0349. The summed E-state index contributed by atoms with van der Waals surface area (Å²) in [5.41, 5.74) is 29.6. The van der Waals surface area contributed by atoms with E-state index in [1.165, 1.54) is 13.8 Å². The Kier molecular flexibility index (Phi) is 23.1. The Morgan fingerprint density at radius 3 is 2.00 bits per heavy atom. The van der Waals surface area contributed by atoms with Crippen LogP contribution in [0.2, 0.25) is 0 Å². The molecule has 3 aromatic rings. The largest absolute Gasteiger partial charge is 0.391 e. The van der Waals surface area contributed by atoms with E-state index in [-0.39, 0.29) is 89.3 Å². The van der Waals surface area contributed by atoms with Gasteiger partial charge in [0, 0.05) is 56.5 Å². The second kappa shape index (κ2) is 29.3. The van der Waals surface area contributed by atoms with E-state index in [0.29, 0.717) is 11.1 Å². The number of carbonyl (C=O) groups is 9. The van der Waals surface area contributed by atoms with Crippen LogP contribution in [0.5, 0.6) is 0 Å². The van der Waals surface area contributed by atoms with Gasteiger partial charge in [-0.25, -0.2) is 0 Å². The predicted octanol–water partition coefficient (Wildman–Crippen LogP) is -3.97. The van der Waals surface area contributed by atoms with Gasteiger partial charge in [-0.05, 0) is 69.1 Å². The second-order valence-electron chi connectivity index (χ2n) is 17.9. The van der Waals surface area contributed by atoms with Crippen molar-refractivity contribution in [1.82, 2.24) is 47.5 Å². The molecule has 1 aromatic heterocycles. The lowest BCUT2D eigenvalue weighted by atomic mass is 10.0. The Morgan fingerprint density at radius 2 is 1.34 bits per heavy atom. The smallest absolute Gasteiger partial charge is 0.245 e. The Balaban J connectivity index is 1.76. The van der Waals surface area contributed by atoms with E-state index in [9.17, 15) is 48.3 Å². The third-order valence-electron chi connectivity index (χ3n) is 11.9. The van der Waals surface area contributed by atoms with Crippen LogP contribution in [0.15, 0.2) is 70.8 Å². The summed E-state index contributed by atoms with van der Waals surface area (Å²) >= 11 is 0. The fraction of sp³-hybridized carbons (Fsp3) is 0.479. The van der Waals surface area contributed by atoms with E-state index < -0.39 is 108 Å². The van der Waals surface area contributed by atoms with Crippen LogP contribution in [-0.2, 0) is 56.0 Å². The summed E-state index contributed by atoms with van der Waals surface area (Å²) in [6.45, 7) is 2.49. The molecule has 2 aromatic carbocycles. The van der Waals surface area contributed by atoms with Crippen LogP contribution in [0, 0.1) is 0 Å². The minimum absolute atomic E-state index is 0.00257. The van der Waals surface area contributed by atoms with Gasteiger partial charge >= 0.3 is 0 Å². The number of nitrogens with zero attached hydrogens (tertiary/aromatic N) is 2. The van der Waals surface area contributed by atoms with Gasteiger partial charge < -0.3 is 81.3 Å². The van der Waals surface area contributed by atoms with Gasteiger partial charge in [0.15, 0.2) is 11.9 Å². The number of primary amides is 1. The number of amides is 9. The van der Waals surface area contributed by atoms with E-state index in [0.717, 1.165) is 10.9 Å². The fourth-order valence-corrected chi connectivity index (χ4v) is 8.04. The Labute approximate surface area is 427 Å².